The Morgan fingerprint density at radius 2 is 1.89 bits per heavy atom. The second kappa shape index (κ2) is 10.1. The number of halogens is 3. The van der Waals surface area contributed by atoms with Gasteiger partial charge in [-0.15, -0.1) is 11.3 Å². The second-order valence-electron chi connectivity index (χ2n) is 10.1. The molecule has 1 amide bonds. The largest absolute Gasteiger partial charge is 0.416 e. The van der Waals surface area contributed by atoms with Crippen molar-refractivity contribution in [3.63, 3.8) is 0 Å². The topological polar surface area (TPSA) is 84.6 Å². The molecular formula is C27H26F3N3O3S. The summed E-state index contributed by atoms with van der Waals surface area (Å²) in [5.74, 6) is -0.121. The average molecular weight is 530 g/mol. The van der Waals surface area contributed by atoms with Crippen LogP contribution < -0.4 is 5.32 Å². The maximum atomic E-state index is 13.4. The molecular weight excluding hydrogens is 503 g/mol. The van der Waals surface area contributed by atoms with Gasteiger partial charge in [0.25, 0.3) is 11.6 Å². The number of alkyl halides is 3. The molecule has 0 saturated heterocycles. The summed E-state index contributed by atoms with van der Waals surface area (Å²) >= 11 is 1.39. The normalized spacial score (nSPS) is 16.0. The van der Waals surface area contributed by atoms with Crippen LogP contribution in [0.15, 0.2) is 53.5 Å². The van der Waals surface area contributed by atoms with Gasteiger partial charge in [-0.2, -0.15) is 13.2 Å². The van der Waals surface area contributed by atoms with E-state index in [0.29, 0.717) is 28.5 Å². The van der Waals surface area contributed by atoms with Crippen molar-refractivity contribution in [1.29, 1.82) is 0 Å². The Kier molecular flexibility index (Phi) is 7.23. The van der Waals surface area contributed by atoms with Crippen LogP contribution in [-0.2, 0) is 19.0 Å². The molecule has 0 fully saturated rings. The minimum atomic E-state index is -4.53. The number of nitrogens with one attached hydrogen (secondary N) is 1. The van der Waals surface area contributed by atoms with E-state index in [1.165, 1.54) is 41.8 Å². The van der Waals surface area contributed by atoms with Gasteiger partial charge in [-0.1, -0.05) is 39.0 Å². The van der Waals surface area contributed by atoms with Crippen molar-refractivity contribution in [3.05, 3.63) is 85.8 Å². The molecule has 0 aliphatic heterocycles. The lowest BCUT2D eigenvalue weighted by atomic mass is 9.72. The second-order valence-corrected chi connectivity index (χ2v) is 11.2. The van der Waals surface area contributed by atoms with Gasteiger partial charge in [0.05, 0.1) is 16.1 Å². The smallest absolute Gasteiger partial charge is 0.322 e. The van der Waals surface area contributed by atoms with Crippen LogP contribution in [-0.4, -0.2) is 17.0 Å². The number of anilines is 1. The quantitative estimate of drug-likeness (QED) is 0.208. The monoisotopic (exact) mass is 529 g/mol. The molecule has 1 N–H and O–H groups in total. The molecule has 37 heavy (non-hydrogen) atoms. The number of nitro benzene ring substituents is 1. The minimum Gasteiger partial charge on any atom is -0.322 e. The maximum absolute atomic E-state index is 13.4. The zero-order valence-electron chi connectivity index (χ0n) is 20.6. The Labute approximate surface area is 216 Å². The molecule has 4 rings (SSSR count). The Morgan fingerprint density at radius 3 is 2.57 bits per heavy atom. The average Bonchev–Trinajstić information content (AvgIpc) is 3.20. The van der Waals surface area contributed by atoms with Crippen molar-refractivity contribution in [2.75, 3.05) is 5.32 Å². The number of thiophene rings is 1. The predicted octanol–water partition coefficient (Wildman–Crippen LogP) is 7.83. The maximum Gasteiger partial charge on any atom is 0.416 e. The SMILES string of the molecule is CC(C)(C)[C@@H]1CCc2c(sc(N=Cc3cccc([N+](=O)[O-])c3)c2C(=O)Nc2cccc(C(F)(F)F)c2)C1. The Hall–Kier alpha value is -3.53. The standard InChI is InChI=1S/C27H26F3N3O3S/c1-26(2,3)17-10-11-21-22(14-17)37-25(31-15-16-6-4-9-20(12-16)33(35)36)23(21)24(34)32-19-8-5-7-18(13-19)27(28,29)30/h4-9,12-13,15,17H,10-11,14H2,1-3H3,(H,32,34)/t17-/m1/s1. The van der Waals surface area contributed by atoms with Crippen LogP contribution in [0.3, 0.4) is 0 Å². The van der Waals surface area contributed by atoms with Gasteiger partial charge >= 0.3 is 6.18 Å². The van der Waals surface area contributed by atoms with Crippen LogP contribution in [0.4, 0.5) is 29.5 Å². The summed E-state index contributed by atoms with van der Waals surface area (Å²) < 4.78 is 39.5. The Morgan fingerprint density at radius 1 is 1.16 bits per heavy atom. The first-order valence-electron chi connectivity index (χ1n) is 11.7. The number of hydrogen-bond donors (Lipinski definition) is 1. The first kappa shape index (κ1) is 26.5. The molecule has 2 aromatic carbocycles. The third-order valence-corrected chi connectivity index (χ3v) is 7.72. The van der Waals surface area contributed by atoms with Gasteiger partial charge in [-0.25, -0.2) is 4.99 Å². The highest BCUT2D eigenvalue weighted by Gasteiger charge is 2.34. The molecule has 0 unspecified atom stereocenters. The van der Waals surface area contributed by atoms with Gasteiger partial charge in [-0.3, -0.25) is 14.9 Å². The fraction of sp³-hybridized carbons (Fsp3) is 0.333. The predicted molar refractivity (Wildman–Crippen MR) is 139 cm³/mol. The molecule has 0 saturated carbocycles. The summed E-state index contributed by atoms with van der Waals surface area (Å²) in [6, 6.07) is 10.5. The van der Waals surface area contributed by atoms with Crippen LogP contribution in [0, 0.1) is 21.4 Å². The number of carbonyl (C=O) groups excluding carboxylic acids is 1. The Bertz CT molecular complexity index is 1370. The molecule has 1 atom stereocenters. The number of benzene rings is 2. The van der Waals surface area contributed by atoms with E-state index in [4.69, 9.17) is 0 Å². The molecule has 0 radical (unpaired) electrons. The van der Waals surface area contributed by atoms with E-state index in [-0.39, 0.29) is 16.8 Å². The molecule has 1 aromatic heterocycles. The molecule has 0 spiro atoms. The first-order valence-corrected chi connectivity index (χ1v) is 12.6. The number of rotatable bonds is 5. The number of nitro groups is 1. The Balaban J connectivity index is 1.71. The van der Waals surface area contributed by atoms with Crippen LogP contribution in [0.2, 0.25) is 0 Å². The fourth-order valence-electron chi connectivity index (χ4n) is 4.45. The van der Waals surface area contributed by atoms with Gasteiger partial charge in [0.15, 0.2) is 0 Å². The number of nitrogens with zero attached hydrogens (tertiary/aromatic N) is 2. The summed E-state index contributed by atoms with van der Waals surface area (Å²) in [6.07, 6.45) is -0.749. The van der Waals surface area contributed by atoms with Crippen molar-refractivity contribution >= 4 is 39.8 Å². The van der Waals surface area contributed by atoms with E-state index in [1.54, 1.807) is 12.1 Å². The summed E-state index contributed by atoms with van der Waals surface area (Å²) in [5, 5.41) is 14.2. The molecule has 194 valence electrons. The van der Waals surface area contributed by atoms with E-state index < -0.39 is 22.6 Å². The van der Waals surface area contributed by atoms with E-state index in [0.717, 1.165) is 35.4 Å². The zero-order chi connectivity index (χ0) is 27.0. The number of hydrogen-bond acceptors (Lipinski definition) is 5. The van der Waals surface area contributed by atoms with E-state index in [9.17, 15) is 28.1 Å². The van der Waals surface area contributed by atoms with E-state index in [2.05, 4.69) is 31.1 Å². The molecule has 0 bridgehead atoms. The highest BCUT2D eigenvalue weighted by atomic mass is 32.1. The zero-order valence-corrected chi connectivity index (χ0v) is 21.4. The summed E-state index contributed by atoms with van der Waals surface area (Å²) in [5.41, 5.74) is 0.885. The summed E-state index contributed by atoms with van der Waals surface area (Å²) in [7, 11) is 0. The molecule has 1 heterocycles. The van der Waals surface area contributed by atoms with Crippen LogP contribution in [0.25, 0.3) is 0 Å². The molecule has 6 nitrogen and oxygen atoms in total. The molecule has 3 aromatic rings. The lowest BCUT2D eigenvalue weighted by Crippen LogP contribution is -2.27. The number of carbonyl (C=O) groups is 1. The van der Waals surface area contributed by atoms with Crippen molar-refractivity contribution in [2.24, 2.45) is 16.3 Å². The van der Waals surface area contributed by atoms with Crippen molar-refractivity contribution in [2.45, 2.75) is 46.2 Å². The molecule has 1 aliphatic rings. The lowest BCUT2D eigenvalue weighted by molar-refractivity contribution is -0.384. The third-order valence-electron chi connectivity index (χ3n) is 6.56. The lowest BCUT2D eigenvalue weighted by Gasteiger charge is -2.33. The van der Waals surface area contributed by atoms with Crippen molar-refractivity contribution in [3.8, 4) is 0 Å². The van der Waals surface area contributed by atoms with Crippen LogP contribution >= 0.6 is 11.3 Å². The van der Waals surface area contributed by atoms with Crippen LogP contribution in [0.5, 0.6) is 0 Å². The number of non-ortho nitro benzene ring substituents is 1. The fourth-order valence-corrected chi connectivity index (χ4v) is 5.72. The number of fused-ring (bicyclic) bond motifs is 1. The molecule has 1 aliphatic carbocycles. The van der Waals surface area contributed by atoms with Crippen LogP contribution in [0.1, 0.15) is 59.1 Å². The van der Waals surface area contributed by atoms with Gasteiger partial charge in [0, 0.05) is 28.9 Å². The number of amides is 1. The summed E-state index contributed by atoms with van der Waals surface area (Å²) in [6.45, 7) is 6.54. The van der Waals surface area contributed by atoms with Crippen molar-refractivity contribution in [1.82, 2.24) is 0 Å². The van der Waals surface area contributed by atoms with Gasteiger partial charge in [-0.05, 0) is 59.9 Å². The number of aliphatic imine (C=N–C) groups is 1. The first-order chi connectivity index (χ1) is 17.3. The van der Waals surface area contributed by atoms with E-state index in [1.807, 2.05) is 0 Å². The van der Waals surface area contributed by atoms with E-state index >= 15 is 0 Å². The minimum absolute atomic E-state index is 0.0387. The summed E-state index contributed by atoms with van der Waals surface area (Å²) in [4.78, 5) is 29.6. The van der Waals surface area contributed by atoms with Gasteiger partial charge in [0.1, 0.15) is 5.00 Å². The van der Waals surface area contributed by atoms with Gasteiger partial charge in [0.2, 0.25) is 0 Å². The molecule has 10 heteroatoms. The third kappa shape index (κ3) is 6.07. The van der Waals surface area contributed by atoms with Crippen molar-refractivity contribution < 1.29 is 22.9 Å². The van der Waals surface area contributed by atoms with Gasteiger partial charge < -0.3 is 5.32 Å². The highest BCUT2D eigenvalue weighted by Crippen LogP contribution is 2.45. The highest BCUT2D eigenvalue weighted by molar-refractivity contribution is 7.16.